The molecule has 0 saturated carbocycles. The number of hydrogen-bond acceptors (Lipinski definition) is 5. The van der Waals surface area contributed by atoms with E-state index in [1.165, 1.54) is 4.31 Å². The minimum absolute atomic E-state index is 0.184. The molecule has 1 fully saturated rings. The summed E-state index contributed by atoms with van der Waals surface area (Å²) < 4.78 is 32.4. The van der Waals surface area contributed by atoms with E-state index in [0.29, 0.717) is 36.8 Å². The molecule has 1 heterocycles. The Morgan fingerprint density at radius 1 is 1.38 bits per heavy atom. The zero-order valence-corrected chi connectivity index (χ0v) is 13.6. The van der Waals surface area contributed by atoms with Gasteiger partial charge in [-0.15, -0.1) is 0 Å². The van der Waals surface area contributed by atoms with Crippen molar-refractivity contribution < 1.29 is 13.2 Å². The van der Waals surface area contributed by atoms with E-state index in [2.05, 4.69) is 4.90 Å². The first kappa shape index (κ1) is 16.2. The fraction of sp³-hybridized carbons (Fsp3) is 0.571. The molecule has 0 aromatic heterocycles. The summed E-state index contributed by atoms with van der Waals surface area (Å²) in [5.74, 6) is 0.683. The van der Waals surface area contributed by atoms with E-state index < -0.39 is 10.0 Å². The summed E-state index contributed by atoms with van der Waals surface area (Å²) in [6.45, 7) is 3.99. The van der Waals surface area contributed by atoms with Crippen LogP contribution < -0.4 is 10.5 Å². The first-order chi connectivity index (χ1) is 9.90. The lowest BCUT2D eigenvalue weighted by atomic mass is 10.2. The van der Waals surface area contributed by atoms with Gasteiger partial charge in [0.2, 0.25) is 10.0 Å². The fourth-order valence-electron chi connectivity index (χ4n) is 2.65. The van der Waals surface area contributed by atoms with Crippen molar-refractivity contribution in [2.24, 2.45) is 5.73 Å². The molecule has 0 amide bonds. The predicted molar refractivity (Wildman–Crippen MR) is 82.0 cm³/mol. The van der Waals surface area contributed by atoms with Gasteiger partial charge >= 0.3 is 0 Å². The highest BCUT2D eigenvalue weighted by atomic mass is 32.2. The van der Waals surface area contributed by atoms with Gasteiger partial charge < -0.3 is 15.4 Å². The highest BCUT2D eigenvalue weighted by Crippen LogP contribution is 2.25. The van der Waals surface area contributed by atoms with Crippen molar-refractivity contribution in [3.63, 3.8) is 0 Å². The SMILES string of the molecule is COc1ccc(S(=O)(=O)N2CCN(C)CC2CN)cc1C. The molecule has 21 heavy (non-hydrogen) atoms. The van der Waals surface area contributed by atoms with Crippen LogP contribution in [0.1, 0.15) is 5.56 Å². The second-order valence-corrected chi connectivity index (χ2v) is 7.29. The number of aryl methyl sites for hydroxylation is 1. The average Bonchev–Trinajstić information content (AvgIpc) is 2.46. The number of sulfonamides is 1. The lowest BCUT2D eigenvalue weighted by Gasteiger charge is -2.38. The van der Waals surface area contributed by atoms with Crippen molar-refractivity contribution in [2.45, 2.75) is 17.9 Å². The van der Waals surface area contributed by atoms with Crippen molar-refractivity contribution in [3.05, 3.63) is 23.8 Å². The second kappa shape index (κ2) is 6.31. The van der Waals surface area contributed by atoms with E-state index in [9.17, 15) is 8.42 Å². The maximum atomic E-state index is 12.8. The number of likely N-dealkylation sites (N-methyl/N-ethyl adjacent to an activating group) is 1. The Hall–Kier alpha value is -1.15. The number of methoxy groups -OCH3 is 1. The van der Waals surface area contributed by atoms with Gasteiger partial charge in [-0.2, -0.15) is 4.31 Å². The summed E-state index contributed by atoms with van der Waals surface area (Å²) in [6.07, 6.45) is 0. The maximum absolute atomic E-state index is 12.8. The van der Waals surface area contributed by atoms with Gasteiger partial charge in [0.15, 0.2) is 0 Å². The molecule has 1 aliphatic heterocycles. The van der Waals surface area contributed by atoms with Crippen LogP contribution in [0, 0.1) is 6.92 Å². The van der Waals surface area contributed by atoms with Crippen LogP contribution in [0.5, 0.6) is 5.75 Å². The van der Waals surface area contributed by atoms with Crippen LogP contribution in [0.3, 0.4) is 0 Å². The van der Waals surface area contributed by atoms with Crippen LogP contribution in [0.4, 0.5) is 0 Å². The van der Waals surface area contributed by atoms with Gasteiger partial charge in [-0.3, -0.25) is 0 Å². The third-order valence-electron chi connectivity index (χ3n) is 3.88. The Morgan fingerprint density at radius 3 is 2.67 bits per heavy atom. The number of ether oxygens (including phenoxy) is 1. The fourth-order valence-corrected chi connectivity index (χ4v) is 4.35. The molecule has 0 bridgehead atoms. The Kier molecular flexibility index (Phi) is 4.88. The lowest BCUT2D eigenvalue weighted by Crippen LogP contribution is -2.56. The summed E-state index contributed by atoms with van der Waals surface area (Å²) in [7, 11) is 0.0241. The minimum atomic E-state index is -3.52. The van der Waals surface area contributed by atoms with Gasteiger partial charge in [0.1, 0.15) is 5.75 Å². The second-order valence-electron chi connectivity index (χ2n) is 5.40. The van der Waals surface area contributed by atoms with Gasteiger partial charge in [-0.1, -0.05) is 0 Å². The topological polar surface area (TPSA) is 75.9 Å². The van der Waals surface area contributed by atoms with Crippen molar-refractivity contribution >= 4 is 10.0 Å². The van der Waals surface area contributed by atoms with Crippen LogP contribution >= 0.6 is 0 Å². The summed E-state index contributed by atoms with van der Waals surface area (Å²) in [4.78, 5) is 2.40. The molecule has 7 heteroatoms. The molecule has 6 nitrogen and oxygen atoms in total. The number of nitrogens with zero attached hydrogens (tertiary/aromatic N) is 2. The lowest BCUT2D eigenvalue weighted by molar-refractivity contribution is 0.164. The molecule has 2 rings (SSSR count). The van der Waals surface area contributed by atoms with Crippen LogP contribution in [0.25, 0.3) is 0 Å². The first-order valence-corrected chi connectivity index (χ1v) is 8.39. The maximum Gasteiger partial charge on any atom is 0.243 e. The van der Waals surface area contributed by atoms with Crippen LogP contribution in [0.2, 0.25) is 0 Å². The molecule has 1 saturated heterocycles. The highest BCUT2D eigenvalue weighted by molar-refractivity contribution is 7.89. The van der Waals surface area contributed by atoms with Gasteiger partial charge in [-0.05, 0) is 37.7 Å². The molecular weight excluding hydrogens is 290 g/mol. The van der Waals surface area contributed by atoms with E-state index in [1.807, 2.05) is 14.0 Å². The van der Waals surface area contributed by atoms with Crippen molar-refractivity contribution in [1.29, 1.82) is 0 Å². The Labute approximate surface area is 126 Å². The molecule has 1 aromatic rings. The number of benzene rings is 1. The number of rotatable bonds is 4. The third-order valence-corrected chi connectivity index (χ3v) is 5.82. The van der Waals surface area contributed by atoms with E-state index in [0.717, 1.165) is 5.56 Å². The Morgan fingerprint density at radius 2 is 2.10 bits per heavy atom. The van der Waals surface area contributed by atoms with E-state index in [-0.39, 0.29) is 6.04 Å². The monoisotopic (exact) mass is 313 g/mol. The Bertz CT molecular complexity index is 603. The van der Waals surface area contributed by atoms with Crippen molar-refractivity contribution in [1.82, 2.24) is 9.21 Å². The average molecular weight is 313 g/mol. The normalized spacial score (nSPS) is 21.4. The first-order valence-electron chi connectivity index (χ1n) is 6.95. The summed E-state index contributed by atoms with van der Waals surface area (Å²) >= 11 is 0. The van der Waals surface area contributed by atoms with E-state index in [4.69, 9.17) is 10.5 Å². The number of nitrogens with two attached hydrogens (primary N) is 1. The van der Waals surface area contributed by atoms with Gasteiger partial charge in [0, 0.05) is 26.2 Å². The minimum Gasteiger partial charge on any atom is -0.496 e. The largest absolute Gasteiger partial charge is 0.496 e. The molecule has 1 atom stereocenters. The highest BCUT2D eigenvalue weighted by Gasteiger charge is 2.34. The van der Waals surface area contributed by atoms with Crippen LogP contribution in [-0.2, 0) is 10.0 Å². The zero-order chi connectivity index (χ0) is 15.6. The Balaban J connectivity index is 2.34. The molecule has 1 aliphatic rings. The van der Waals surface area contributed by atoms with Crippen molar-refractivity contribution in [2.75, 3.05) is 40.3 Å². The molecular formula is C14H23N3O3S. The van der Waals surface area contributed by atoms with E-state index >= 15 is 0 Å². The van der Waals surface area contributed by atoms with Crippen LogP contribution in [0.15, 0.2) is 23.1 Å². The van der Waals surface area contributed by atoms with E-state index in [1.54, 1.807) is 25.3 Å². The predicted octanol–water partition coefficient (Wildman–Crippen LogP) is 0.267. The van der Waals surface area contributed by atoms with Gasteiger partial charge in [0.25, 0.3) is 0 Å². The zero-order valence-electron chi connectivity index (χ0n) is 12.7. The van der Waals surface area contributed by atoms with Crippen LogP contribution in [-0.4, -0.2) is 64.0 Å². The molecule has 1 unspecified atom stereocenters. The molecule has 0 radical (unpaired) electrons. The molecule has 118 valence electrons. The molecule has 0 aliphatic carbocycles. The quantitative estimate of drug-likeness (QED) is 0.863. The summed E-state index contributed by atoms with van der Waals surface area (Å²) in [5, 5.41) is 0. The summed E-state index contributed by atoms with van der Waals surface area (Å²) in [5.41, 5.74) is 6.56. The smallest absolute Gasteiger partial charge is 0.243 e. The standard InChI is InChI=1S/C14H23N3O3S/c1-11-8-13(4-5-14(11)20-3)21(18,19)17-7-6-16(2)10-12(17)9-15/h4-5,8,12H,6-7,9-10,15H2,1-3H3. The van der Waals surface area contributed by atoms with Gasteiger partial charge in [-0.25, -0.2) is 8.42 Å². The number of piperazine rings is 1. The van der Waals surface area contributed by atoms with Gasteiger partial charge in [0.05, 0.1) is 18.0 Å². The molecule has 1 aromatic carbocycles. The molecule has 0 spiro atoms. The number of hydrogen-bond donors (Lipinski definition) is 1. The molecule has 2 N–H and O–H groups in total. The summed E-state index contributed by atoms with van der Waals surface area (Å²) in [6, 6.07) is 4.75. The third kappa shape index (κ3) is 3.21. The van der Waals surface area contributed by atoms with Crippen molar-refractivity contribution in [3.8, 4) is 5.75 Å².